The number of ether oxygens (including phenoxy) is 1. The second kappa shape index (κ2) is 6.31. The summed E-state index contributed by atoms with van der Waals surface area (Å²) in [6, 6.07) is 5.98. The molecule has 1 aromatic rings. The Morgan fingerprint density at radius 1 is 1.29 bits per heavy atom. The van der Waals surface area contributed by atoms with E-state index in [1.54, 1.807) is 12.1 Å². The van der Waals surface area contributed by atoms with Gasteiger partial charge in [-0.15, -0.1) is 0 Å². The van der Waals surface area contributed by atoms with Crippen molar-refractivity contribution < 1.29 is 19.4 Å². The molecule has 0 bridgehead atoms. The zero-order valence-corrected chi connectivity index (χ0v) is 6.98. The van der Waals surface area contributed by atoms with Crippen molar-refractivity contribution in [1.29, 1.82) is 0 Å². The van der Waals surface area contributed by atoms with Gasteiger partial charge in [-0.1, -0.05) is 12.1 Å². The van der Waals surface area contributed by atoms with E-state index in [0.717, 1.165) is 0 Å². The fourth-order valence-electron chi connectivity index (χ4n) is 0.887. The summed E-state index contributed by atoms with van der Waals surface area (Å²) in [4.78, 5) is 21.2. The standard InChI is InChI=1S/C9H8O4.K.H/c1-6(10)13-8-5-3-2-4-7(8)9(11)12;;/h2-5H,1H3,(H,11,12);;. The van der Waals surface area contributed by atoms with Gasteiger partial charge >= 0.3 is 63.3 Å². The molecule has 0 aromatic heterocycles. The first-order chi connectivity index (χ1) is 6.11. The molecular formula is C9H9KO4. The molecule has 0 aliphatic rings. The Bertz CT molecular complexity index is 348. The Labute approximate surface area is 124 Å². The normalized spacial score (nSPS) is 8.64. The van der Waals surface area contributed by atoms with Gasteiger partial charge in [-0.05, 0) is 12.1 Å². The molecule has 0 radical (unpaired) electrons. The molecular weight excluding hydrogens is 211 g/mol. The summed E-state index contributed by atoms with van der Waals surface area (Å²) >= 11 is 0. The van der Waals surface area contributed by atoms with Crippen molar-refractivity contribution in [2.75, 3.05) is 0 Å². The van der Waals surface area contributed by atoms with Gasteiger partial charge in [0.1, 0.15) is 11.3 Å². The minimum absolute atomic E-state index is 0. The summed E-state index contributed by atoms with van der Waals surface area (Å²) < 4.78 is 4.69. The van der Waals surface area contributed by atoms with Crippen molar-refractivity contribution in [2.24, 2.45) is 0 Å². The SMILES string of the molecule is CC(=O)Oc1ccccc1C(=O)O.[KH]. The van der Waals surface area contributed by atoms with Crippen LogP contribution in [0.1, 0.15) is 17.3 Å². The molecule has 0 unspecified atom stereocenters. The van der Waals surface area contributed by atoms with Crippen molar-refractivity contribution in [2.45, 2.75) is 6.92 Å². The van der Waals surface area contributed by atoms with E-state index in [1.165, 1.54) is 19.1 Å². The maximum atomic E-state index is 10.6. The third-order valence-electron chi connectivity index (χ3n) is 1.37. The zero-order chi connectivity index (χ0) is 9.84. The molecule has 0 fully saturated rings. The van der Waals surface area contributed by atoms with Gasteiger partial charge in [0.25, 0.3) is 0 Å². The number of carbonyl (C=O) groups is 2. The number of para-hydroxylation sites is 1. The van der Waals surface area contributed by atoms with Gasteiger partial charge < -0.3 is 9.84 Å². The first-order valence-corrected chi connectivity index (χ1v) is 3.62. The monoisotopic (exact) mass is 220 g/mol. The summed E-state index contributed by atoms with van der Waals surface area (Å²) in [5, 5.41) is 8.69. The molecule has 1 rings (SSSR count). The van der Waals surface area contributed by atoms with Crippen molar-refractivity contribution in [1.82, 2.24) is 0 Å². The summed E-state index contributed by atoms with van der Waals surface area (Å²) in [5.74, 6) is -1.58. The molecule has 0 heterocycles. The molecule has 4 nitrogen and oxygen atoms in total. The molecule has 0 amide bonds. The molecule has 1 N–H and O–H groups in total. The van der Waals surface area contributed by atoms with E-state index in [1.807, 2.05) is 0 Å². The van der Waals surface area contributed by atoms with Gasteiger partial charge in [0.05, 0.1) is 0 Å². The van der Waals surface area contributed by atoms with Crippen molar-refractivity contribution in [3.63, 3.8) is 0 Å². The van der Waals surface area contributed by atoms with Crippen LogP contribution in [0.2, 0.25) is 0 Å². The molecule has 0 atom stereocenters. The van der Waals surface area contributed by atoms with Crippen LogP contribution in [0.5, 0.6) is 5.75 Å². The van der Waals surface area contributed by atoms with E-state index in [4.69, 9.17) is 5.11 Å². The van der Waals surface area contributed by atoms with E-state index in [-0.39, 0.29) is 62.7 Å². The quantitative estimate of drug-likeness (QED) is 0.452. The van der Waals surface area contributed by atoms with Gasteiger partial charge in [-0.2, -0.15) is 0 Å². The van der Waals surface area contributed by atoms with Crippen molar-refractivity contribution in [3.8, 4) is 5.75 Å². The number of rotatable bonds is 2. The van der Waals surface area contributed by atoms with E-state index in [9.17, 15) is 9.59 Å². The summed E-state index contributed by atoms with van der Waals surface area (Å²) in [6.45, 7) is 1.22. The van der Waals surface area contributed by atoms with E-state index in [2.05, 4.69) is 4.74 Å². The Hall–Kier alpha value is -0.204. The van der Waals surface area contributed by atoms with Gasteiger partial charge in [0.2, 0.25) is 0 Å². The maximum absolute atomic E-state index is 10.6. The molecule has 0 spiro atoms. The minimum atomic E-state index is -1.11. The first-order valence-electron chi connectivity index (χ1n) is 3.62. The third-order valence-corrected chi connectivity index (χ3v) is 1.37. The summed E-state index contributed by atoms with van der Waals surface area (Å²) in [5.41, 5.74) is -0.0160. The van der Waals surface area contributed by atoms with Gasteiger partial charge in [-0.25, -0.2) is 4.79 Å². The molecule has 0 saturated carbocycles. The van der Waals surface area contributed by atoms with Gasteiger partial charge in [-0.3, -0.25) is 4.79 Å². The summed E-state index contributed by atoms with van der Waals surface area (Å²) in [6.07, 6.45) is 0. The fraction of sp³-hybridized carbons (Fsp3) is 0.111. The average Bonchev–Trinajstić information content (AvgIpc) is 2.03. The number of esters is 1. The van der Waals surface area contributed by atoms with Crippen molar-refractivity contribution in [3.05, 3.63) is 29.8 Å². The predicted octanol–water partition coefficient (Wildman–Crippen LogP) is 0.662. The number of hydrogen-bond donors (Lipinski definition) is 1. The van der Waals surface area contributed by atoms with E-state index < -0.39 is 11.9 Å². The first kappa shape index (κ1) is 13.8. The Morgan fingerprint density at radius 3 is 2.36 bits per heavy atom. The summed E-state index contributed by atoms with van der Waals surface area (Å²) in [7, 11) is 0. The number of benzene rings is 1. The van der Waals surface area contributed by atoms with E-state index in [0.29, 0.717) is 0 Å². The molecule has 0 aliphatic heterocycles. The van der Waals surface area contributed by atoms with Gasteiger partial charge in [0.15, 0.2) is 0 Å². The van der Waals surface area contributed by atoms with Crippen LogP contribution < -0.4 is 4.74 Å². The van der Waals surface area contributed by atoms with Crippen molar-refractivity contribution >= 4 is 63.3 Å². The fourth-order valence-corrected chi connectivity index (χ4v) is 0.887. The number of hydrogen-bond acceptors (Lipinski definition) is 3. The van der Waals surface area contributed by atoms with Crippen LogP contribution in [0.25, 0.3) is 0 Å². The van der Waals surface area contributed by atoms with Crippen LogP contribution in [0.15, 0.2) is 24.3 Å². The van der Waals surface area contributed by atoms with Crippen LogP contribution in [0.3, 0.4) is 0 Å². The Kier molecular flexibility index (Phi) is 6.22. The predicted molar refractivity (Wildman–Crippen MR) is 51.9 cm³/mol. The number of carboxylic acid groups (broad SMARTS) is 1. The molecule has 1 aromatic carbocycles. The average molecular weight is 220 g/mol. The second-order valence-corrected chi connectivity index (χ2v) is 2.39. The van der Waals surface area contributed by atoms with Crippen LogP contribution in [0, 0.1) is 0 Å². The molecule has 14 heavy (non-hydrogen) atoms. The van der Waals surface area contributed by atoms with Crippen LogP contribution in [-0.4, -0.2) is 68.4 Å². The van der Waals surface area contributed by atoms with Crippen LogP contribution in [-0.2, 0) is 4.79 Å². The number of carbonyl (C=O) groups excluding carboxylic acids is 1. The Balaban J connectivity index is 0.00000169. The van der Waals surface area contributed by atoms with E-state index >= 15 is 0 Å². The number of carboxylic acids is 1. The van der Waals surface area contributed by atoms with Crippen LogP contribution in [0.4, 0.5) is 0 Å². The molecule has 0 saturated heterocycles. The number of aromatic carboxylic acids is 1. The zero-order valence-electron chi connectivity index (χ0n) is 6.98. The van der Waals surface area contributed by atoms with Gasteiger partial charge in [0, 0.05) is 6.92 Å². The molecule has 70 valence electrons. The topological polar surface area (TPSA) is 63.6 Å². The molecule has 0 aliphatic carbocycles. The second-order valence-electron chi connectivity index (χ2n) is 2.39. The Morgan fingerprint density at radius 2 is 1.86 bits per heavy atom. The van der Waals surface area contributed by atoms with Crippen LogP contribution >= 0.6 is 0 Å². The third kappa shape index (κ3) is 3.89. The molecule has 5 heteroatoms.